The largest absolute Gasteiger partial charge is 0.457 e. The molecule has 0 aliphatic carbocycles. The first-order valence-electron chi connectivity index (χ1n) is 7.87. The van der Waals surface area contributed by atoms with Gasteiger partial charge in [-0.1, -0.05) is 37.6 Å². The molecule has 1 heterocycles. The number of carbonyl (C=O) groups is 1. The van der Waals surface area contributed by atoms with Crippen LogP contribution in [0, 0.1) is 5.92 Å². The molecule has 7 nitrogen and oxygen atoms in total. The molecule has 134 valence electrons. The number of nitrogens with two attached hydrogens (primary N) is 1. The van der Waals surface area contributed by atoms with Gasteiger partial charge in [0.1, 0.15) is 0 Å². The van der Waals surface area contributed by atoms with Crippen LogP contribution in [0.2, 0.25) is 5.02 Å². The van der Waals surface area contributed by atoms with E-state index in [2.05, 4.69) is 15.0 Å². The quantitative estimate of drug-likeness (QED) is 0.788. The molecule has 0 bridgehead atoms. The number of aromatic nitrogens is 3. The van der Waals surface area contributed by atoms with Crippen LogP contribution in [-0.4, -0.2) is 35.0 Å². The van der Waals surface area contributed by atoms with Crippen molar-refractivity contribution >= 4 is 29.5 Å². The van der Waals surface area contributed by atoms with Gasteiger partial charge in [0, 0.05) is 19.1 Å². The van der Waals surface area contributed by atoms with Gasteiger partial charge in [0.05, 0.1) is 5.92 Å². The van der Waals surface area contributed by atoms with Crippen molar-refractivity contribution in [3.05, 3.63) is 40.7 Å². The number of hydrogen-bond acceptors (Lipinski definition) is 7. The van der Waals surface area contributed by atoms with Crippen LogP contribution in [0.4, 0.5) is 11.9 Å². The molecule has 1 aromatic carbocycles. The number of nitrogens with zero attached hydrogens (tertiary/aromatic N) is 4. The number of halogens is 1. The highest BCUT2D eigenvalue weighted by Crippen LogP contribution is 2.27. The Balaban J connectivity index is 2.13. The topological polar surface area (TPSA) is 94.2 Å². The van der Waals surface area contributed by atoms with Crippen molar-refractivity contribution in [1.29, 1.82) is 0 Å². The Morgan fingerprint density at radius 3 is 2.40 bits per heavy atom. The van der Waals surface area contributed by atoms with Gasteiger partial charge in [-0.3, -0.25) is 4.79 Å². The number of ether oxygens (including phenoxy) is 1. The Bertz CT molecular complexity index is 734. The third-order valence-corrected chi connectivity index (χ3v) is 3.83. The maximum Gasteiger partial charge on any atom is 0.314 e. The van der Waals surface area contributed by atoms with E-state index in [1.54, 1.807) is 31.1 Å². The lowest BCUT2D eigenvalue weighted by Crippen LogP contribution is -2.22. The minimum absolute atomic E-state index is 0.0643. The predicted molar refractivity (Wildman–Crippen MR) is 97.4 cm³/mol. The second-order valence-electron chi connectivity index (χ2n) is 6.19. The van der Waals surface area contributed by atoms with E-state index in [0.29, 0.717) is 16.8 Å². The normalized spacial score (nSPS) is 12.1. The Labute approximate surface area is 152 Å². The molecule has 0 radical (unpaired) electrons. The number of anilines is 2. The molecule has 0 saturated heterocycles. The van der Waals surface area contributed by atoms with Crippen LogP contribution in [0.1, 0.15) is 31.2 Å². The Morgan fingerprint density at radius 2 is 1.84 bits per heavy atom. The highest BCUT2D eigenvalue weighted by molar-refractivity contribution is 6.30. The van der Waals surface area contributed by atoms with E-state index < -0.39 is 5.92 Å². The van der Waals surface area contributed by atoms with Crippen LogP contribution < -0.4 is 10.6 Å². The summed E-state index contributed by atoms with van der Waals surface area (Å²) in [5.74, 6) is 0.129. The van der Waals surface area contributed by atoms with Crippen LogP contribution in [0.15, 0.2) is 24.3 Å². The minimum atomic E-state index is -0.398. The first kappa shape index (κ1) is 18.9. The maximum absolute atomic E-state index is 12.6. The molecule has 0 spiro atoms. The van der Waals surface area contributed by atoms with Crippen molar-refractivity contribution in [2.24, 2.45) is 5.92 Å². The third kappa shape index (κ3) is 5.03. The van der Waals surface area contributed by atoms with Crippen molar-refractivity contribution < 1.29 is 9.53 Å². The van der Waals surface area contributed by atoms with E-state index in [0.717, 1.165) is 5.56 Å². The van der Waals surface area contributed by atoms with Gasteiger partial charge in [0.15, 0.2) is 12.4 Å². The van der Waals surface area contributed by atoms with Crippen LogP contribution in [-0.2, 0) is 16.1 Å². The zero-order valence-corrected chi connectivity index (χ0v) is 15.5. The summed E-state index contributed by atoms with van der Waals surface area (Å²) < 4.78 is 5.43. The molecule has 8 heteroatoms. The van der Waals surface area contributed by atoms with Crippen molar-refractivity contribution in [3.63, 3.8) is 0 Å². The number of esters is 1. The Hall–Kier alpha value is -2.41. The predicted octanol–water partition coefficient (Wildman–Crippen LogP) is 2.66. The third-order valence-electron chi connectivity index (χ3n) is 3.58. The lowest BCUT2D eigenvalue weighted by Gasteiger charge is -2.20. The summed E-state index contributed by atoms with van der Waals surface area (Å²) in [5, 5.41) is 0.622. The smallest absolute Gasteiger partial charge is 0.314 e. The zero-order chi connectivity index (χ0) is 18.6. The molecular formula is C17H22ClN5O2. The average molecular weight is 364 g/mol. The summed E-state index contributed by atoms with van der Waals surface area (Å²) in [6, 6.07) is 7.18. The molecule has 2 rings (SSSR count). The number of carbonyl (C=O) groups excluding carboxylic acids is 1. The maximum atomic E-state index is 12.6. The van der Waals surface area contributed by atoms with E-state index in [1.165, 1.54) is 0 Å². The molecule has 0 aliphatic heterocycles. The fourth-order valence-corrected chi connectivity index (χ4v) is 2.50. The molecule has 0 aliphatic rings. The Kier molecular flexibility index (Phi) is 6.14. The number of benzene rings is 1. The van der Waals surface area contributed by atoms with Crippen LogP contribution in [0.3, 0.4) is 0 Å². The van der Waals surface area contributed by atoms with Gasteiger partial charge >= 0.3 is 5.97 Å². The highest BCUT2D eigenvalue weighted by atomic mass is 35.5. The molecule has 2 aromatic rings. The summed E-state index contributed by atoms with van der Waals surface area (Å²) in [4.78, 5) is 26.5. The molecule has 0 fully saturated rings. The zero-order valence-electron chi connectivity index (χ0n) is 14.7. The van der Waals surface area contributed by atoms with Crippen molar-refractivity contribution in [2.45, 2.75) is 26.4 Å². The highest BCUT2D eigenvalue weighted by Gasteiger charge is 2.26. The first-order chi connectivity index (χ1) is 11.8. The van der Waals surface area contributed by atoms with Gasteiger partial charge in [-0.2, -0.15) is 15.0 Å². The second kappa shape index (κ2) is 8.11. The summed E-state index contributed by atoms with van der Waals surface area (Å²) in [6.07, 6.45) is 0. The van der Waals surface area contributed by atoms with Gasteiger partial charge in [0.25, 0.3) is 0 Å². The summed E-state index contributed by atoms with van der Waals surface area (Å²) in [7, 11) is 3.58. The van der Waals surface area contributed by atoms with Gasteiger partial charge in [-0.25, -0.2) is 0 Å². The van der Waals surface area contributed by atoms with Crippen molar-refractivity contribution in [1.82, 2.24) is 15.0 Å². The minimum Gasteiger partial charge on any atom is -0.457 e. The van der Waals surface area contributed by atoms with Gasteiger partial charge in [-0.05, 0) is 23.6 Å². The Morgan fingerprint density at radius 1 is 1.20 bits per heavy atom. The first-order valence-corrected chi connectivity index (χ1v) is 8.25. The van der Waals surface area contributed by atoms with Gasteiger partial charge in [0.2, 0.25) is 11.9 Å². The van der Waals surface area contributed by atoms with Crippen LogP contribution in [0.25, 0.3) is 0 Å². The standard InChI is InChI=1S/C17H22ClN5O2/c1-10(2)14(11-5-7-12(18)8-6-11)15(24)25-9-13-20-16(19)22-17(21-13)23(3)4/h5-8,10,14H,9H2,1-4H3,(H2,19,20,21,22). The molecule has 1 atom stereocenters. The molecule has 0 amide bonds. The van der Waals surface area contributed by atoms with Crippen LogP contribution >= 0.6 is 11.6 Å². The van der Waals surface area contributed by atoms with Gasteiger partial charge in [-0.15, -0.1) is 0 Å². The molecule has 2 N–H and O–H groups in total. The van der Waals surface area contributed by atoms with E-state index in [1.807, 2.05) is 26.0 Å². The summed E-state index contributed by atoms with van der Waals surface area (Å²) in [5.41, 5.74) is 6.53. The van der Waals surface area contributed by atoms with E-state index in [-0.39, 0.29) is 24.4 Å². The molecular weight excluding hydrogens is 342 g/mol. The molecule has 1 unspecified atom stereocenters. The van der Waals surface area contributed by atoms with E-state index >= 15 is 0 Å². The lowest BCUT2D eigenvalue weighted by atomic mass is 9.88. The fraction of sp³-hybridized carbons (Fsp3) is 0.412. The molecule has 25 heavy (non-hydrogen) atoms. The summed E-state index contributed by atoms with van der Waals surface area (Å²) in [6.45, 7) is 3.86. The van der Waals surface area contributed by atoms with Crippen LogP contribution in [0.5, 0.6) is 0 Å². The van der Waals surface area contributed by atoms with Gasteiger partial charge < -0.3 is 15.4 Å². The number of hydrogen-bond donors (Lipinski definition) is 1. The van der Waals surface area contributed by atoms with E-state index in [4.69, 9.17) is 22.1 Å². The molecule has 1 aromatic heterocycles. The number of nitrogen functional groups attached to an aromatic ring is 1. The monoisotopic (exact) mass is 363 g/mol. The molecule has 0 saturated carbocycles. The number of rotatable bonds is 6. The van der Waals surface area contributed by atoms with Crippen molar-refractivity contribution in [3.8, 4) is 0 Å². The van der Waals surface area contributed by atoms with Crippen molar-refractivity contribution in [2.75, 3.05) is 24.7 Å². The fourth-order valence-electron chi connectivity index (χ4n) is 2.38. The lowest BCUT2D eigenvalue weighted by molar-refractivity contribution is -0.148. The summed E-state index contributed by atoms with van der Waals surface area (Å²) >= 11 is 5.92. The SMILES string of the molecule is CC(C)C(C(=O)OCc1nc(N)nc(N(C)C)n1)c1ccc(Cl)cc1. The average Bonchev–Trinajstić information content (AvgIpc) is 2.54. The second-order valence-corrected chi connectivity index (χ2v) is 6.62. The van der Waals surface area contributed by atoms with E-state index in [9.17, 15) is 4.79 Å².